The van der Waals surface area contributed by atoms with Gasteiger partial charge in [0, 0.05) is 34.6 Å². The number of hydrogen-bond acceptors (Lipinski definition) is 4. The van der Waals surface area contributed by atoms with E-state index >= 15 is 0 Å². The fourth-order valence-electron chi connectivity index (χ4n) is 2.93. The van der Waals surface area contributed by atoms with Gasteiger partial charge in [0.1, 0.15) is 5.78 Å². The van der Waals surface area contributed by atoms with Gasteiger partial charge in [-0.3, -0.25) is 5.84 Å². The van der Waals surface area contributed by atoms with E-state index < -0.39 is 0 Å². The molecular weight excluding hydrogens is 839 g/mol. The average molecular weight is 879 g/mol. The Labute approximate surface area is 254 Å². The van der Waals surface area contributed by atoms with Crippen molar-refractivity contribution in [2.75, 3.05) is 17.9 Å². The number of alkyl halides is 1. The fraction of sp³-hybridized carbons (Fsp3) is 0.400. The molecule has 198 valence electrons. The van der Waals surface area contributed by atoms with Crippen molar-refractivity contribution in [3.8, 4) is 0 Å². The zero-order valence-corrected chi connectivity index (χ0v) is 28.7. The molecule has 0 aliphatic carbocycles. The molecular formula is C25H39ClI3N4OV. The summed E-state index contributed by atoms with van der Waals surface area (Å²) < 4.78 is 0. The van der Waals surface area contributed by atoms with Gasteiger partial charge < -0.3 is 20.9 Å². The van der Waals surface area contributed by atoms with Gasteiger partial charge in [0.2, 0.25) is 0 Å². The summed E-state index contributed by atoms with van der Waals surface area (Å²) in [5, 5.41) is 1.33. The van der Waals surface area contributed by atoms with Gasteiger partial charge in [-0.25, -0.2) is 0 Å². The number of aryl methyl sites for hydroxylation is 3. The number of hydrazine groups is 1. The van der Waals surface area contributed by atoms with Crippen molar-refractivity contribution < 1.29 is 9.72 Å². The Kier molecular flexibility index (Phi) is 24.1. The topological polar surface area (TPSA) is 96.9 Å². The van der Waals surface area contributed by atoms with E-state index in [1.807, 2.05) is 31.2 Å². The number of halogens is 4. The molecule has 1 aromatic heterocycles. The van der Waals surface area contributed by atoms with Crippen molar-refractivity contribution >= 4 is 93.9 Å². The second-order valence-corrected chi connectivity index (χ2v) is 43.3. The number of carbonyl (C=O) groups is 1. The average Bonchev–Trinajstić information content (AvgIpc) is 3.08. The molecule has 1 heterocycles. The van der Waals surface area contributed by atoms with Crippen molar-refractivity contribution in [1.82, 2.24) is 4.98 Å². The normalized spacial score (nSPS) is 9.57. The van der Waals surface area contributed by atoms with Crippen LogP contribution in [0.1, 0.15) is 49.6 Å². The molecule has 5 nitrogen and oxygen atoms in total. The SMILES string of the molecule is C.CC(=O)CCCCl.Cc1ccc(NN)cc1.Cc1ccc2[nH]c(C)c(CCN)c2c1.[I][V]([I])[I]. The Morgan fingerprint density at radius 1 is 1.06 bits per heavy atom. The van der Waals surface area contributed by atoms with Crippen LogP contribution in [-0.4, -0.2) is 23.2 Å². The number of anilines is 1. The first-order valence-corrected chi connectivity index (χ1v) is 24.7. The summed E-state index contributed by atoms with van der Waals surface area (Å²) in [6.45, 7) is 8.56. The summed E-state index contributed by atoms with van der Waals surface area (Å²) in [5.41, 5.74) is 15.5. The molecule has 35 heavy (non-hydrogen) atoms. The van der Waals surface area contributed by atoms with Gasteiger partial charge in [-0.05, 0) is 76.9 Å². The number of nitrogens with one attached hydrogen (secondary N) is 2. The number of ketones is 1. The zero-order chi connectivity index (χ0) is 26.1. The Bertz CT molecular complexity index is 966. The molecule has 0 saturated carbocycles. The monoisotopic (exact) mass is 878 g/mol. The molecule has 0 radical (unpaired) electrons. The number of benzene rings is 2. The number of carbonyl (C=O) groups excluding carboxylic acids is 1. The summed E-state index contributed by atoms with van der Waals surface area (Å²) in [5.74, 6) is 5.97. The summed E-state index contributed by atoms with van der Waals surface area (Å²) in [7, 11) is 0. The number of rotatable bonds is 6. The standard InChI is InChI=1S/C12H16N2.C7H10N2.C5H9ClO.CH4.3HI.V/c1-8-3-4-12-11(7-8)10(5-6-13)9(2)14-12;1-6-2-4-7(9-8)5-3-6;1-5(7)3-2-4-6;;;;;/h3-4,7,14H,5-6,13H2,1-2H3;2-5,9H,8H2,1H3;2-4H2,1H3;1H4;3*1H;/q;;;;;;;+3/p-3. The van der Waals surface area contributed by atoms with Crippen molar-refractivity contribution in [2.24, 2.45) is 11.6 Å². The maximum absolute atomic E-state index is 10.1. The van der Waals surface area contributed by atoms with Gasteiger partial charge in [-0.1, -0.05) is 36.8 Å². The van der Waals surface area contributed by atoms with Gasteiger partial charge in [-0.2, -0.15) is 0 Å². The van der Waals surface area contributed by atoms with Gasteiger partial charge in [-0.15, -0.1) is 11.6 Å². The molecule has 0 amide bonds. The maximum atomic E-state index is 10.1. The van der Waals surface area contributed by atoms with Crippen LogP contribution in [-0.2, 0) is 16.1 Å². The van der Waals surface area contributed by atoms with Crippen molar-refractivity contribution in [1.29, 1.82) is 0 Å². The van der Waals surface area contributed by atoms with Crippen LogP contribution < -0.4 is 17.0 Å². The molecule has 0 unspecified atom stereocenters. The first-order chi connectivity index (χ1) is 16.0. The third kappa shape index (κ3) is 18.3. The molecule has 0 atom stereocenters. The van der Waals surface area contributed by atoms with Crippen LogP contribution in [0, 0.1) is 20.8 Å². The molecule has 0 aliphatic heterocycles. The van der Waals surface area contributed by atoms with E-state index in [4.69, 9.17) is 23.2 Å². The number of nitrogens with two attached hydrogens (primary N) is 2. The van der Waals surface area contributed by atoms with Crippen LogP contribution in [0.25, 0.3) is 10.9 Å². The van der Waals surface area contributed by atoms with Crippen molar-refractivity contribution in [3.63, 3.8) is 0 Å². The van der Waals surface area contributed by atoms with E-state index in [1.165, 1.54) is 33.3 Å². The molecule has 0 aliphatic rings. The van der Waals surface area contributed by atoms with Gasteiger partial charge >= 0.3 is 64.9 Å². The Morgan fingerprint density at radius 3 is 2.03 bits per heavy atom. The second kappa shape index (κ2) is 22.4. The van der Waals surface area contributed by atoms with E-state index in [0.717, 1.165) is 18.5 Å². The number of H-pyrrole nitrogens is 1. The van der Waals surface area contributed by atoms with Crippen molar-refractivity contribution in [3.05, 3.63) is 64.8 Å². The predicted molar refractivity (Wildman–Crippen MR) is 179 cm³/mol. The molecule has 10 heteroatoms. The molecule has 6 N–H and O–H groups in total. The molecule has 0 saturated heterocycles. The number of aromatic amines is 1. The van der Waals surface area contributed by atoms with Crippen LogP contribution >= 0.6 is 71.5 Å². The van der Waals surface area contributed by atoms with E-state index in [2.05, 4.69) is 102 Å². The van der Waals surface area contributed by atoms with Crippen LogP contribution in [0.3, 0.4) is 0 Å². The molecule has 0 spiro atoms. The first kappa shape index (κ1) is 37.6. The number of hydrogen-bond donors (Lipinski definition) is 4. The van der Waals surface area contributed by atoms with Crippen molar-refractivity contribution in [2.45, 2.75) is 54.4 Å². The van der Waals surface area contributed by atoms with Gasteiger partial charge in [0.05, 0.1) is 0 Å². The minimum atomic E-state index is -0.278. The number of nitrogen functional groups attached to an aromatic ring is 1. The molecule has 3 rings (SSSR count). The second-order valence-electron chi connectivity index (χ2n) is 7.51. The minimum absolute atomic E-state index is 0. The Morgan fingerprint density at radius 2 is 1.60 bits per heavy atom. The van der Waals surface area contributed by atoms with Gasteiger partial charge in [0.15, 0.2) is 0 Å². The first-order valence-electron chi connectivity index (χ1n) is 10.7. The van der Waals surface area contributed by atoms with Gasteiger partial charge in [0.25, 0.3) is 0 Å². The van der Waals surface area contributed by atoms with Crippen LogP contribution in [0.5, 0.6) is 0 Å². The Hall–Kier alpha value is 0.434. The molecule has 0 bridgehead atoms. The number of aromatic nitrogens is 1. The third-order valence-corrected chi connectivity index (χ3v) is 4.82. The summed E-state index contributed by atoms with van der Waals surface area (Å²) >= 11 is 12.7. The van der Waals surface area contributed by atoms with E-state index in [1.54, 1.807) is 6.92 Å². The van der Waals surface area contributed by atoms with E-state index in [0.29, 0.717) is 18.8 Å². The number of fused-ring (bicyclic) bond motifs is 1. The van der Waals surface area contributed by atoms with Crippen LogP contribution in [0.4, 0.5) is 5.69 Å². The zero-order valence-electron chi connectivity index (χ0n) is 20.1. The number of Topliss-reactive ketones (excluding diaryl/α,β-unsaturated/α-hetero) is 1. The summed E-state index contributed by atoms with van der Waals surface area (Å²) in [6.07, 6.45) is 2.40. The Balaban J connectivity index is 0. The van der Waals surface area contributed by atoms with Crippen LogP contribution in [0.2, 0.25) is 0 Å². The third-order valence-electron chi connectivity index (χ3n) is 4.55. The quantitative estimate of drug-likeness (QED) is 0.0866. The summed E-state index contributed by atoms with van der Waals surface area (Å²) in [4.78, 5) is 13.3. The fourth-order valence-corrected chi connectivity index (χ4v) is 3.06. The molecule has 3 aromatic rings. The van der Waals surface area contributed by atoms with E-state index in [-0.39, 0.29) is 18.1 Å². The molecule has 2 aromatic carbocycles. The molecule has 0 fully saturated rings. The van der Waals surface area contributed by atoms with Crippen LogP contribution in [0.15, 0.2) is 42.5 Å². The van der Waals surface area contributed by atoms with E-state index in [9.17, 15) is 4.79 Å². The summed E-state index contributed by atoms with van der Waals surface area (Å²) in [6, 6.07) is 14.4. The predicted octanol–water partition coefficient (Wildman–Crippen LogP) is 8.45.